The summed E-state index contributed by atoms with van der Waals surface area (Å²) in [4.78, 5) is 30.5. The molecule has 1 saturated heterocycles. The van der Waals surface area contributed by atoms with Gasteiger partial charge in [0.2, 0.25) is 5.91 Å². The second kappa shape index (κ2) is 11.1. The van der Waals surface area contributed by atoms with E-state index >= 15 is 4.39 Å². The lowest BCUT2D eigenvalue weighted by atomic mass is 10.00. The number of amides is 2. The fourth-order valence-corrected chi connectivity index (χ4v) is 5.57. The van der Waals surface area contributed by atoms with Gasteiger partial charge in [-0.15, -0.1) is 0 Å². The molecule has 0 aromatic heterocycles. The van der Waals surface area contributed by atoms with E-state index in [1.165, 1.54) is 16.0 Å². The Morgan fingerprint density at radius 1 is 1.11 bits per heavy atom. The zero-order valence-corrected chi connectivity index (χ0v) is 21.3. The number of hydrogen-bond donors (Lipinski definition) is 2. The molecule has 0 unspecified atom stereocenters. The lowest BCUT2D eigenvalue weighted by Gasteiger charge is -2.32. The molecule has 0 aliphatic carbocycles. The topological polar surface area (TPSA) is 85.4 Å². The number of nitrogens with zero attached hydrogens (tertiary/aromatic N) is 3. The van der Waals surface area contributed by atoms with Crippen LogP contribution >= 0.6 is 0 Å². The Kier molecular flexibility index (Phi) is 7.62. The number of hydrogen-bond acceptors (Lipinski definition) is 6. The number of carbonyl (C=O) groups is 2. The number of rotatable bonds is 6. The Morgan fingerprint density at radius 3 is 2.62 bits per heavy atom. The van der Waals surface area contributed by atoms with Crippen LogP contribution in [0.3, 0.4) is 0 Å². The van der Waals surface area contributed by atoms with Gasteiger partial charge in [-0.05, 0) is 42.5 Å². The summed E-state index contributed by atoms with van der Waals surface area (Å²) < 4.78 is 21.4. The molecule has 1 atom stereocenters. The molecule has 8 nitrogen and oxygen atoms in total. The molecule has 0 spiro atoms. The maximum Gasteiger partial charge on any atom is 0.260 e. The van der Waals surface area contributed by atoms with Crippen LogP contribution in [0.5, 0.6) is 5.75 Å². The van der Waals surface area contributed by atoms with E-state index in [0.29, 0.717) is 32.5 Å². The highest BCUT2D eigenvalue weighted by Crippen LogP contribution is 2.32. The highest BCUT2D eigenvalue weighted by atomic mass is 19.1. The molecule has 198 valence electrons. The summed E-state index contributed by atoms with van der Waals surface area (Å²) >= 11 is 0. The molecule has 0 saturated carbocycles. The number of ether oxygens (including phenoxy) is 1. The average Bonchev–Trinajstić information content (AvgIpc) is 3.04. The van der Waals surface area contributed by atoms with Crippen LogP contribution in [-0.4, -0.2) is 89.6 Å². The van der Waals surface area contributed by atoms with Crippen molar-refractivity contribution in [1.82, 2.24) is 14.7 Å². The van der Waals surface area contributed by atoms with Crippen molar-refractivity contribution >= 4 is 17.5 Å². The monoisotopic (exact) mass is 510 g/mol. The predicted octanol–water partition coefficient (Wildman–Crippen LogP) is 2.50. The van der Waals surface area contributed by atoms with E-state index < -0.39 is 17.8 Å². The van der Waals surface area contributed by atoms with Gasteiger partial charge < -0.3 is 25.0 Å². The first-order chi connectivity index (χ1) is 17.9. The zero-order chi connectivity index (χ0) is 25.9. The van der Waals surface area contributed by atoms with Crippen molar-refractivity contribution in [3.8, 4) is 5.75 Å². The molecule has 0 radical (unpaired) electrons. The number of aliphatic hydroxyl groups is 1. The van der Waals surface area contributed by atoms with Crippen molar-refractivity contribution in [2.24, 2.45) is 0 Å². The van der Waals surface area contributed by atoms with E-state index in [-0.39, 0.29) is 48.6 Å². The molecule has 2 amide bonds. The molecule has 0 bridgehead atoms. The number of benzene rings is 2. The lowest BCUT2D eigenvalue weighted by molar-refractivity contribution is -0.129. The van der Waals surface area contributed by atoms with Gasteiger partial charge in [0, 0.05) is 52.2 Å². The third-order valence-electron chi connectivity index (χ3n) is 7.63. The average molecular weight is 511 g/mol. The van der Waals surface area contributed by atoms with Gasteiger partial charge in [-0.1, -0.05) is 24.3 Å². The summed E-state index contributed by atoms with van der Waals surface area (Å²) in [6.07, 6.45) is 1.59. The highest BCUT2D eigenvalue weighted by Gasteiger charge is 2.31. The van der Waals surface area contributed by atoms with Gasteiger partial charge in [-0.2, -0.15) is 0 Å². The van der Waals surface area contributed by atoms with Crippen molar-refractivity contribution in [2.75, 3.05) is 51.2 Å². The second-order valence-corrected chi connectivity index (χ2v) is 10.2. The summed E-state index contributed by atoms with van der Waals surface area (Å²) in [5.74, 6) is -0.831. The van der Waals surface area contributed by atoms with Gasteiger partial charge in [0.1, 0.15) is 17.9 Å². The molecule has 3 aliphatic rings. The summed E-state index contributed by atoms with van der Waals surface area (Å²) in [7, 11) is 0. The minimum absolute atomic E-state index is 0.0116. The summed E-state index contributed by atoms with van der Waals surface area (Å²) in [5.41, 5.74) is 2.77. The van der Waals surface area contributed by atoms with Gasteiger partial charge >= 0.3 is 0 Å². The Bertz CT molecular complexity index is 1150. The van der Waals surface area contributed by atoms with Crippen LogP contribution in [0, 0.1) is 5.82 Å². The maximum atomic E-state index is 15.6. The van der Waals surface area contributed by atoms with E-state index in [9.17, 15) is 14.7 Å². The molecule has 3 heterocycles. The first-order valence-electron chi connectivity index (χ1n) is 13.1. The molecule has 1 fully saturated rings. The van der Waals surface area contributed by atoms with Crippen molar-refractivity contribution in [3.05, 3.63) is 58.9 Å². The molecule has 37 heavy (non-hydrogen) atoms. The Hall–Kier alpha value is -3.17. The minimum Gasteiger partial charge on any atom is -0.491 e. The molecule has 3 aliphatic heterocycles. The van der Waals surface area contributed by atoms with Crippen LogP contribution in [0.4, 0.5) is 10.1 Å². The van der Waals surface area contributed by atoms with Gasteiger partial charge in [-0.3, -0.25) is 14.5 Å². The first kappa shape index (κ1) is 25.5. The number of likely N-dealkylation sites (tertiary alicyclic amines) is 1. The number of carbonyl (C=O) groups excluding carboxylic acids is 2. The molecular formula is C28H35FN4O4. The molecule has 5 rings (SSSR count). The molecule has 2 aromatic rings. The lowest BCUT2D eigenvalue weighted by Crippen LogP contribution is -2.44. The quantitative estimate of drug-likeness (QED) is 0.621. The van der Waals surface area contributed by atoms with Crippen LogP contribution in [0.2, 0.25) is 0 Å². The van der Waals surface area contributed by atoms with Gasteiger partial charge in [0.15, 0.2) is 5.82 Å². The van der Waals surface area contributed by atoms with Crippen LogP contribution in [-0.2, 0) is 17.8 Å². The largest absolute Gasteiger partial charge is 0.491 e. The summed E-state index contributed by atoms with van der Waals surface area (Å²) in [5, 5.41) is 14.1. The SMILES string of the molecule is CC(=O)N1CCC(Nc2ccc3c(c2F)C(=O)N(C[C@@H](O)CN2CCc4ccccc4C2)CCO3)CC1. The summed E-state index contributed by atoms with van der Waals surface area (Å²) in [6, 6.07) is 11.6. The minimum atomic E-state index is -0.758. The zero-order valence-electron chi connectivity index (χ0n) is 21.3. The van der Waals surface area contributed by atoms with Crippen LogP contribution in [0.15, 0.2) is 36.4 Å². The van der Waals surface area contributed by atoms with Gasteiger partial charge in [-0.25, -0.2) is 4.39 Å². The van der Waals surface area contributed by atoms with Gasteiger partial charge in [0.25, 0.3) is 5.91 Å². The molecule has 2 aromatic carbocycles. The molecule has 9 heteroatoms. The summed E-state index contributed by atoms with van der Waals surface area (Å²) in [6.45, 7) is 5.48. The van der Waals surface area contributed by atoms with Crippen molar-refractivity contribution in [2.45, 2.75) is 44.9 Å². The predicted molar refractivity (Wildman–Crippen MR) is 138 cm³/mol. The standard InChI is InChI=1S/C28H35FN4O4/c1-19(34)32-12-9-22(10-13-32)30-24-6-7-25-26(27(24)29)28(36)33(14-15-37-25)18-23(35)17-31-11-8-20-4-2-3-5-21(20)16-31/h2-7,22-23,30,35H,8-18H2,1H3/t23-/m0/s1. The third-order valence-corrected chi connectivity index (χ3v) is 7.63. The Balaban J connectivity index is 1.23. The number of halogens is 1. The van der Waals surface area contributed by atoms with E-state index in [2.05, 4.69) is 22.3 Å². The van der Waals surface area contributed by atoms with Crippen LogP contribution < -0.4 is 10.1 Å². The smallest absolute Gasteiger partial charge is 0.260 e. The van der Waals surface area contributed by atoms with E-state index in [4.69, 9.17) is 4.74 Å². The first-order valence-corrected chi connectivity index (χ1v) is 13.1. The number of anilines is 1. The molecular weight excluding hydrogens is 475 g/mol. The van der Waals surface area contributed by atoms with E-state index in [0.717, 1.165) is 19.5 Å². The number of fused-ring (bicyclic) bond motifs is 2. The number of β-amino-alcohol motifs (C(OH)–C–C–N with tert-alkyl or cyclic N) is 1. The number of nitrogens with one attached hydrogen (secondary N) is 1. The molecule has 2 N–H and O–H groups in total. The normalized spacial score (nSPS) is 19.5. The number of piperidine rings is 1. The van der Waals surface area contributed by atoms with Crippen molar-refractivity contribution in [3.63, 3.8) is 0 Å². The van der Waals surface area contributed by atoms with E-state index in [1.54, 1.807) is 24.0 Å². The third kappa shape index (κ3) is 5.72. The Labute approximate surface area is 217 Å². The Morgan fingerprint density at radius 2 is 1.86 bits per heavy atom. The van der Waals surface area contributed by atoms with E-state index in [1.807, 2.05) is 12.1 Å². The van der Waals surface area contributed by atoms with Crippen LogP contribution in [0.25, 0.3) is 0 Å². The van der Waals surface area contributed by atoms with Crippen molar-refractivity contribution in [1.29, 1.82) is 0 Å². The highest BCUT2D eigenvalue weighted by molar-refractivity contribution is 5.98. The number of aliphatic hydroxyl groups excluding tert-OH is 1. The second-order valence-electron chi connectivity index (χ2n) is 10.2. The fourth-order valence-electron chi connectivity index (χ4n) is 5.57. The fraction of sp³-hybridized carbons (Fsp3) is 0.500. The van der Waals surface area contributed by atoms with Gasteiger partial charge in [0.05, 0.1) is 18.3 Å². The van der Waals surface area contributed by atoms with Crippen molar-refractivity contribution < 1.29 is 23.8 Å². The van der Waals surface area contributed by atoms with Crippen LogP contribution in [0.1, 0.15) is 41.3 Å². The maximum absolute atomic E-state index is 15.6.